The molecule has 0 aliphatic rings. The van der Waals surface area contributed by atoms with Crippen LogP contribution in [-0.2, 0) is 16.6 Å². The Labute approximate surface area is 110 Å². The topological polar surface area (TPSA) is 71.1 Å². The van der Waals surface area contributed by atoms with E-state index in [0.717, 1.165) is 11.4 Å². The van der Waals surface area contributed by atoms with Gasteiger partial charge in [0.25, 0.3) is 0 Å². The maximum atomic E-state index is 11.6. The monoisotopic (exact) mass is 283 g/mol. The summed E-state index contributed by atoms with van der Waals surface area (Å²) in [5.41, 5.74) is 3.44. The molecule has 7 heteroatoms. The summed E-state index contributed by atoms with van der Waals surface area (Å²) in [5, 5.41) is 5.08. The molecule has 18 heavy (non-hydrogen) atoms. The lowest BCUT2D eigenvalue weighted by molar-refractivity contribution is 0.588. The number of rotatable bonds is 5. The number of nitrogens with zero attached hydrogens (tertiary/aromatic N) is 1. The minimum absolute atomic E-state index is 0.244. The van der Waals surface area contributed by atoms with Gasteiger partial charge in [-0.2, -0.15) is 0 Å². The summed E-state index contributed by atoms with van der Waals surface area (Å²) in [5.74, 6) is 0. The van der Waals surface area contributed by atoms with Crippen LogP contribution in [0.15, 0.2) is 40.1 Å². The molecule has 1 aromatic carbocycles. The molecule has 0 spiro atoms. The summed E-state index contributed by atoms with van der Waals surface area (Å²) in [6, 6.07) is 6.67. The van der Waals surface area contributed by atoms with Gasteiger partial charge in [0.05, 0.1) is 22.6 Å². The number of aromatic nitrogens is 1. The van der Waals surface area contributed by atoms with E-state index in [2.05, 4.69) is 15.0 Å². The van der Waals surface area contributed by atoms with E-state index >= 15 is 0 Å². The van der Waals surface area contributed by atoms with Crippen LogP contribution >= 0.6 is 11.3 Å². The molecular formula is C11H13N3O2S2. The normalized spacial score (nSPS) is 11.4. The average Bonchev–Trinajstić information content (AvgIpc) is 2.90. The van der Waals surface area contributed by atoms with Crippen molar-refractivity contribution in [1.29, 1.82) is 0 Å². The lowest BCUT2D eigenvalue weighted by atomic mass is 10.3. The molecule has 96 valence electrons. The van der Waals surface area contributed by atoms with Gasteiger partial charge in [-0.25, -0.2) is 18.1 Å². The van der Waals surface area contributed by atoms with Crippen molar-refractivity contribution in [2.24, 2.45) is 0 Å². The summed E-state index contributed by atoms with van der Waals surface area (Å²) in [6.07, 6.45) is 0. The number of hydrogen-bond donors (Lipinski definition) is 2. The zero-order valence-corrected chi connectivity index (χ0v) is 11.4. The molecule has 0 saturated heterocycles. The van der Waals surface area contributed by atoms with Crippen molar-refractivity contribution < 1.29 is 8.42 Å². The van der Waals surface area contributed by atoms with Crippen LogP contribution in [0.1, 0.15) is 5.69 Å². The van der Waals surface area contributed by atoms with Gasteiger partial charge in [-0.05, 0) is 25.2 Å². The van der Waals surface area contributed by atoms with Crippen molar-refractivity contribution in [3.05, 3.63) is 40.8 Å². The van der Waals surface area contributed by atoms with E-state index < -0.39 is 10.0 Å². The van der Waals surface area contributed by atoms with Gasteiger partial charge in [0.1, 0.15) is 0 Å². The predicted molar refractivity (Wildman–Crippen MR) is 72.1 cm³/mol. The molecule has 2 N–H and O–H groups in total. The zero-order chi connectivity index (χ0) is 13.0. The molecule has 0 fully saturated rings. The zero-order valence-electron chi connectivity index (χ0n) is 9.75. The van der Waals surface area contributed by atoms with Gasteiger partial charge >= 0.3 is 0 Å². The van der Waals surface area contributed by atoms with E-state index in [4.69, 9.17) is 0 Å². The van der Waals surface area contributed by atoms with E-state index in [9.17, 15) is 8.42 Å². The Bertz CT molecular complexity index is 609. The molecule has 0 amide bonds. The summed E-state index contributed by atoms with van der Waals surface area (Å²) >= 11 is 1.53. The second-order valence-corrected chi connectivity index (χ2v) is 6.17. The Morgan fingerprint density at radius 1 is 1.39 bits per heavy atom. The van der Waals surface area contributed by atoms with Gasteiger partial charge in [0.15, 0.2) is 0 Å². The van der Waals surface area contributed by atoms with Crippen LogP contribution in [0.2, 0.25) is 0 Å². The van der Waals surface area contributed by atoms with E-state index in [0.29, 0.717) is 6.54 Å². The van der Waals surface area contributed by atoms with Crippen LogP contribution < -0.4 is 10.0 Å². The van der Waals surface area contributed by atoms with E-state index in [-0.39, 0.29) is 4.90 Å². The van der Waals surface area contributed by atoms with Crippen LogP contribution in [0.3, 0.4) is 0 Å². The molecule has 0 unspecified atom stereocenters. The molecule has 0 aliphatic carbocycles. The van der Waals surface area contributed by atoms with Crippen LogP contribution in [0.5, 0.6) is 0 Å². The molecule has 0 aliphatic heterocycles. The van der Waals surface area contributed by atoms with Crippen LogP contribution in [-0.4, -0.2) is 20.4 Å². The average molecular weight is 283 g/mol. The van der Waals surface area contributed by atoms with Gasteiger partial charge in [0, 0.05) is 11.1 Å². The van der Waals surface area contributed by atoms with Gasteiger partial charge in [0.2, 0.25) is 10.0 Å². The number of hydrogen-bond acceptors (Lipinski definition) is 5. The van der Waals surface area contributed by atoms with E-state index in [1.54, 1.807) is 23.7 Å². The first kappa shape index (κ1) is 13.0. The fourth-order valence-corrected chi connectivity index (χ4v) is 2.74. The number of sulfonamides is 1. The highest BCUT2D eigenvalue weighted by Gasteiger charge is 2.11. The molecule has 0 saturated carbocycles. The lowest BCUT2D eigenvalue weighted by Crippen LogP contribution is -2.18. The van der Waals surface area contributed by atoms with Crippen LogP contribution in [0.4, 0.5) is 5.69 Å². The number of thiazole rings is 1. The lowest BCUT2D eigenvalue weighted by Gasteiger charge is -2.07. The third kappa shape index (κ3) is 3.06. The highest BCUT2D eigenvalue weighted by molar-refractivity contribution is 7.89. The Morgan fingerprint density at radius 2 is 2.22 bits per heavy atom. The van der Waals surface area contributed by atoms with Crippen molar-refractivity contribution >= 4 is 27.0 Å². The minimum atomic E-state index is -3.40. The van der Waals surface area contributed by atoms with Crippen molar-refractivity contribution in [3.8, 4) is 0 Å². The molecule has 0 bridgehead atoms. The van der Waals surface area contributed by atoms with Gasteiger partial charge in [-0.15, -0.1) is 11.3 Å². The third-order valence-electron chi connectivity index (χ3n) is 2.37. The Morgan fingerprint density at radius 3 is 2.89 bits per heavy atom. The van der Waals surface area contributed by atoms with Crippen LogP contribution in [0, 0.1) is 0 Å². The summed E-state index contributed by atoms with van der Waals surface area (Å²) in [6.45, 7) is 0.576. The van der Waals surface area contributed by atoms with Crippen molar-refractivity contribution in [2.75, 3.05) is 12.4 Å². The number of nitrogens with one attached hydrogen (secondary N) is 2. The second kappa shape index (κ2) is 5.47. The Kier molecular flexibility index (Phi) is 3.95. The standard InChI is InChI=1S/C11H13N3O2S2/c1-12-18(15,16)11-4-2-3-9(5-11)13-6-10-7-17-8-14-10/h2-5,7-8,12-13H,6H2,1H3. The quantitative estimate of drug-likeness (QED) is 0.875. The predicted octanol–water partition coefficient (Wildman–Crippen LogP) is 1.66. The summed E-state index contributed by atoms with van der Waals surface area (Å²) in [7, 11) is -2.00. The molecule has 5 nitrogen and oxygen atoms in total. The summed E-state index contributed by atoms with van der Waals surface area (Å²) in [4.78, 5) is 4.39. The van der Waals surface area contributed by atoms with Crippen molar-refractivity contribution in [3.63, 3.8) is 0 Å². The SMILES string of the molecule is CNS(=O)(=O)c1cccc(NCc2cscn2)c1. The molecule has 0 radical (unpaired) electrons. The maximum absolute atomic E-state index is 11.6. The first-order valence-electron chi connectivity index (χ1n) is 5.26. The number of anilines is 1. The molecule has 1 aromatic heterocycles. The Balaban J connectivity index is 2.13. The fourth-order valence-electron chi connectivity index (χ4n) is 1.41. The first-order chi connectivity index (χ1) is 8.62. The highest BCUT2D eigenvalue weighted by Crippen LogP contribution is 2.16. The second-order valence-electron chi connectivity index (χ2n) is 3.57. The van der Waals surface area contributed by atoms with Crippen molar-refractivity contribution in [2.45, 2.75) is 11.4 Å². The molecule has 2 rings (SSSR count). The number of benzene rings is 1. The van der Waals surface area contributed by atoms with Crippen molar-refractivity contribution in [1.82, 2.24) is 9.71 Å². The summed E-state index contributed by atoms with van der Waals surface area (Å²) < 4.78 is 25.6. The molecule has 0 atom stereocenters. The fraction of sp³-hybridized carbons (Fsp3) is 0.182. The molecule has 1 heterocycles. The minimum Gasteiger partial charge on any atom is -0.379 e. The molecule has 2 aromatic rings. The van der Waals surface area contributed by atoms with Crippen LogP contribution in [0.25, 0.3) is 0 Å². The van der Waals surface area contributed by atoms with Gasteiger partial charge < -0.3 is 5.32 Å². The maximum Gasteiger partial charge on any atom is 0.240 e. The smallest absolute Gasteiger partial charge is 0.240 e. The van der Waals surface area contributed by atoms with E-state index in [1.807, 2.05) is 11.4 Å². The third-order valence-corrected chi connectivity index (χ3v) is 4.42. The molecular weight excluding hydrogens is 270 g/mol. The first-order valence-corrected chi connectivity index (χ1v) is 7.69. The van der Waals surface area contributed by atoms with E-state index in [1.165, 1.54) is 18.4 Å². The van der Waals surface area contributed by atoms with Gasteiger partial charge in [-0.1, -0.05) is 6.07 Å². The van der Waals surface area contributed by atoms with Gasteiger partial charge in [-0.3, -0.25) is 0 Å². The Hall–Kier alpha value is -1.44. The largest absolute Gasteiger partial charge is 0.379 e. The highest BCUT2D eigenvalue weighted by atomic mass is 32.2.